The SMILES string of the molecule is COc1cccc2[nH]c(C(=O)N[C@@H](CC3CCCCC3)C(CC3CC4(CCCCC4)NC3=O)NC(=O)C(=O)C(=O)NC3CC3)cc12. The Balaban J connectivity index is 1.27. The molecule has 1 saturated heterocycles. The number of fused-ring (bicyclic) bond motifs is 1. The van der Waals surface area contributed by atoms with Crippen LogP contribution in [-0.4, -0.2) is 65.2 Å². The van der Waals surface area contributed by atoms with Crippen LogP contribution in [0, 0.1) is 11.8 Å². The van der Waals surface area contributed by atoms with Crippen LogP contribution in [0.15, 0.2) is 24.3 Å². The van der Waals surface area contributed by atoms with Gasteiger partial charge in [-0.1, -0.05) is 57.4 Å². The van der Waals surface area contributed by atoms with E-state index >= 15 is 0 Å². The smallest absolute Gasteiger partial charge is 0.307 e. The minimum absolute atomic E-state index is 0.0515. The number of ketones is 1. The highest BCUT2D eigenvalue weighted by Gasteiger charge is 2.46. The number of carbonyl (C=O) groups is 5. The van der Waals surface area contributed by atoms with Crippen molar-refractivity contribution in [3.63, 3.8) is 0 Å². The molecule has 3 saturated carbocycles. The van der Waals surface area contributed by atoms with Gasteiger partial charge >= 0.3 is 5.78 Å². The first kappa shape index (κ1) is 32.1. The van der Waals surface area contributed by atoms with Gasteiger partial charge in [0.1, 0.15) is 11.4 Å². The van der Waals surface area contributed by atoms with E-state index in [0.717, 1.165) is 81.5 Å². The first-order valence-electron chi connectivity index (χ1n) is 17.2. The van der Waals surface area contributed by atoms with Gasteiger partial charge in [0.25, 0.3) is 17.7 Å². The molecule has 2 heterocycles. The maximum absolute atomic E-state index is 13.9. The number of aromatic nitrogens is 1. The number of carbonyl (C=O) groups excluding carboxylic acids is 5. The molecule has 4 amide bonds. The zero-order valence-electron chi connectivity index (χ0n) is 26.8. The molecule has 1 spiro atoms. The highest BCUT2D eigenvalue weighted by atomic mass is 16.5. The molecule has 6 rings (SSSR count). The number of nitrogens with one attached hydrogen (secondary N) is 5. The summed E-state index contributed by atoms with van der Waals surface area (Å²) >= 11 is 0. The van der Waals surface area contributed by atoms with Crippen LogP contribution < -0.4 is 26.0 Å². The number of methoxy groups -OCH3 is 1. The van der Waals surface area contributed by atoms with Crippen LogP contribution in [0.25, 0.3) is 10.9 Å². The van der Waals surface area contributed by atoms with Gasteiger partial charge in [0.05, 0.1) is 13.2 Å². The summed E-state index contributed by atoms with van der Waals surface area (Å²) in [6, 6.07) is 5.93. The maximum Gasteiger partial charge on any atom is 0.307 e. The Labute approximate surface area is 269 Å². The molecule has 2 aromatic rings. The molecule has 3 atom stereocenters. The molecule has 1 aliphatic heterocycles. The molecule has 0 bridgehead atoms. The van der Waals surface area contributed by atoms with E-state index in [1.54, 1.807) is 13.2 Å². The molecule has 0 radical (unpaired) electrons. The van der Waals surface area contributed by atoms with Crippen molar-refractivity contribution in [1.29, 1.82) is 0 Å². The van der Waals surface area contributed by atoms with Crippen molar-refractivity contribution >= 4 is 40.3 Å². The van der Waals surface area contributed by atoms with E-state index in [1.165, 1.54) is 6.42 Å². The second-order valence-corrected chi connectivity index (χ2v) is 14.0. The van der Waals surface area contributed by atoms with Crippen molar-refractivity contribution < 1.29 is 28.7 Å². The molecule has 4 fully saturated rings. The Kier molecular flexibility index (Phi) is 9.65. The minimum atomic E-state index is -1.15. The fourth-order valence-electron chi connectivity index (χ4n) is 7.95. The Morgan fingerprint density at radius 1 is 0.913 bits per heavy atom. The van der Waals surface area contributed by atoms with E-state index in [-0.39, 0.29) is 35.7 Å². The number of rotatable bonds is 12. The van der Waals surface area contributed by atoms with Crippen molar-refractivity contribution in [2.75, 3.05) is 7.11 Å². The van der Waals surface area contributed by atoms with Crippen molar-refractivity contribution in [3.8, 4) is 5.75 Å². The lowest BCUT2D eigenvalue weighted by molar-refractivity contribution is -0.146. The quantitative estimate of drug-likeness (QED) is 0.177. The summed E-state index contributed by atoms with van der Waals surface area (Å²) in [5.41, 5.74) is 0.865. The third-order valence-electron chi connectivity index (χ3n) is 10.6. The summed E-state index contributed by atoms with van der Waals surface area (Å²) in [4.78, 5) is 69.2. The van der Waals surface area contributed by atoms with Crippen LogP contribution in [0.1, 0.15) is 107 Å². The average molecular weight is 634 g/mol. The van der Waals surface area contributed by atoms with E-state index in [9.17, 15) is 24.0 Å². The van der Waals surface area contributed by atoms with Crippen molar-refractivity contribution in [2.45, 2.75) is 120 Å². The third kappa shape index (κ3) is 7.39. The predicted molar refractivity (Wildman–Crippen MR) is 172 cm³/mol. The molecule has 5 N–H and O–H groups in total. The fraction of sp³-hybridized carbons (Fsp3) is 0.629. The maximum atomic E-state index is 13.9. The molecular weight excluding hydrogens is 586 g/mol. The van der Waals surface area contributed by atoms with Crippen LogP contribution in [0.5, 0.6) is 5.75 Å². The van der Waals surface area contributed by atoms with Crippen molar-refractivity contribution in [2.24, 2.45) is 11.8 Å². The van der Waals surface area contributed by atoms with Crippen LogP contribution in [0.2, 0.25) is 0 Å². The molecule has 11 nitrogen and oxygen atoms in total. The van der Waals surface area contributed by atoms with Crippen molar-refractivity contribution in [1.82, 2.24) is 26.3 Å². The Bertz CT molecular complexity index is 1470. The number of amides is 4. The summed E-state index contributed by atoms with van der Waals surface area (Å²) in [6.07, 6.45) is 13.6. The Hall–Kier alpha value is -3.89. The Morgan fingerprint density at radius 3 is 2.35 bits per heavy atom. The third-order valence-corrected chi connectivity index (χ3v) is 10.6. The number of aromatic amines is 1. The standard InChI is InChI=1S/C35H47N5O6/c1-46-29-12-8-11-25-24(29)19-28(37-25)32(43)38-26(17-21-9-4-2-5-10-21)27(39-34(45)30(41)33(44)36-23-13-14-23)18-22-20-35(40-31(22)42)15-6-3-7-16-35/h8,11-12,19,21-23,26-27,37H,2-7,9-10,13-18,20H2,1H3,(H,36,44)(H,38,43)(H,39,45)(H,40,42)/t22?,26-,27?/m0/s1. The summed E-state index contributed by atoms with van der Waals surface area (Å²) < 4.78 is 5.48. The topological polar surface area (TPSA) is 158 Å². The summed E-state index contributed by atoms with van der Waals surface area (Å²) in [5, 5.41) is 12.7. The van der Waals surface area contributed by atoms with Gasteiger partial charge in [-0.3, -0.25) is 24.0 Å². The van der Waals surface area contributed by atoms with E-state index in [0.29, 0.717) is 30.2 Å². The number of hydrogen-bond donors (Lipinski definition) is 5. The van der Waals surface area contributed by atoms with E-state index in [2.05, 4.69) is 26.3 Å². The lowest BCUT2D eigenvalue weighted by Gasteiger charge is -2.35. The van der Waals surface area contributed by atoms with Crippen LogP contribution in [0.3, 0.4) is 0 Å². The number of Topliss-reactive ketones (excluding diaryl/α,β-unsaturated/α-hetero) is 1. The first-order valence-corrected chi connectivity index (χ1v) is 17.2. The van der Waals surface area contributed by atoms with Gasteiger partial charge in [-0.2, -0.15) is 0 Å². The second-order valence-electron chi connectivity index (χ2n) is 14.0. The lowest BCUT2D eigenvalue weighted by atomic mass is 9.77. The highest BCUT2D eigenvalue weighted by Crippen LogP contribution is 2.40. The molecule has 2 unspecified atom stereocenters. The molecule has 3 aliphatic carbocycles. The summed E-state index contributed by atoms with van der Waals surface area (Å²) in [7, 11) is 1.58. The van der Waals surface area contributed by atoms with Crippen LogP contribution in [0.4, 0.5) is 0 Å². The largest absolute Gasteiger partial charge is 0.496 e. The number of benzene rings is 1. The lowest BCUT2D eigenvalue weighted by Crippen LogP contribution is -2.56. The van der Waals surface area contributed by atoms with E-state index in [1.807, 2.05) is 18.2 Å². The van der Waals surface area contributed by atoms with Gasteiger partial charge in [0.2, 0.25) is 5.91 Å². The molecular formula is C35H47N5O6. The molecule has 1 aromatic carbocycles. The van der Waals surface area contributed by atoms with Gasteiger partial charge in [0.15, 0.2) is 0 Å². The predicted octanol–water partition coefficient (Wildman–Crippen LogP) is 3.81. The first-order chi connectivity index (χ1) is 22.2. The minimum Gasteiger partial charge on any atom is -0.496 e. The highest BCUT2D eigenvalue weighted by molar-refractivity contribution is 6.62. The van der Waals surface area contributed by atoms with Crippen molar-refractivity contribution in [3.05, 3.63) is 30.0 Å². The summed E-state index contributed by atoms with van der Waals surface area (Å²) in [6.45, 7) is 0. The zero-order chi connectivity index (χ0) is 32.3. The monoisotopic (exact) mass is 633 g/mol. The van der Waals surface area contributed by atoms with Crippen LogP contribution >= 0.6 is 0 Å². The van der Waals surface area contributed by atoms with E-state index in [4.69, 9.17) is 4.74 Å². The van der Waals surface area contributed by atoms with Gasteiger partial charge in [-0.15, -0.1) is 0 Å². The van der Waals surface area contributed by atoms with E-state index < -0.39 is 29.7 Å². The molecule has 11 heteroatoms. The van der Waals surface area contributed by atoms with Gasteiger partial charge in [0, 0.05) is 34.4 Å². The molecule has 46 heavy (non-hydrogen) atoms. The molecule has 248 valence electrons. The Morgan fingerprint density at radius 2 is 1.63 bits per heavy atom. The number of H-pyrrole nitrogens is 1. The molecule has 1 aromatic heterocycles. The van der Waals surface area contributed by atoms with Gasteiger partial charge in [-0.25, -0.2) is 0 Å². The average Bonchev–Trinajstić information content (AvgIpc) is 3.68. The van der Waals surface area contributed by atoms with Gasteiger partial charge in [-0.05, 0) is 69.1 Å². The normalized spacial score (nSPS) is 22.5. The second kappa shape index (κ2) is 13.8. The summed E-state index contributed by atoms with van der Waals surface area (Å²) in [5.74, 6) is -2.91. The fourth-order valence-corrected chi connectivity index (χ4v) is 7.95. The number of ether oxygens (including phenoxy) is 1. The van der Waals surface area contributed by atoms with Gasteiger partial charge < -0.3 is 31.0 Å². The molecule has 4 aliphatic rings. The zero-order valence-corrected chi connectivity index (χ0v) is 26.8. The van der Waals surface area contributed by atoms with Crippen LogP contribution in [-0.2, 0) is 19.2 Å². The number of hydrogen-bond acceptors (Lipinski definition) is 6.